The molecule has 0 saturated heterocycles. The number of sulfonamides is 1. The molecule has 0 spiro atoms. The van der Waals surface area contributed by atoms with Gasteiger partial charge in [-0.1, -0.05) is 30.3 Å². The van der Waals surface area contributed by atoms with Gasteiger partial charge in [-0.3, -0.25) is 9.52 Å². The smallest absolute Gasteiger partial charge is 0.254 e. The van der Waals surface area contributed by atoms with E-state index in [4.69, 9.17) is 5.73 Å². The second kappa shape index (κ2) is 5.29. The lowest BCUT2D eigenvalue weighted by Gasteiger charge is -2.14. The molecule has 0 aliphatic heterocycles. The first-order valence-corrected chi connectivity index (χ1v) is 6.75. The molecule has 1 aromatic carbocycles. The lowest BCUT2D eigenvalue weighted by atomic mass is 10.1. The van der Waals surface area contributed by atoms with E-state index in [1.807, 2.05) is 4.72 Å². The van der Waals surface area contributed by atoms with Gasteiger partial charge in [0.2, 0.25) is 10.0 Å². The van der Waals surface area contributed by atoms with Gasteiger partial charge in [-0.25, -0.2) is 8.42 Å². The summed E-state index contributed by atoms with van der Waals surface area (Å²) in [7, 11) is -3.63. The fraction of sp³-hybridized carbons (Fsp3) is 0.364. The van der Waals surface area contributed by atoms with Crippen LogP contribution in [0.4, 0.5) is 0 Å². The van der Waals surface area contributed by atoms with Crippen LogP contribution in [0.5, 0.6) is 0 Å². The predicted molar refractivity (Wildman–Crippen MR) is 65.6 cm³/mol. The minimum Gasteiger partial charge on any atom is -0.316 e. The van der Waals surface area contributed by atoms with E-state index in [-0.39, 0.29) is 0 Å². The van der Waals surface area contributed by atoms with Crippen molar-refractivity contribution in [3.05, 3.63) is 35.9 Å². The Morgan fingerprint density at radius 2 is 1.76 bits per heavy atom. The molecule has 0 aliphatic rings. The van der Waals surface area contributed by atoms with Crippen LogP contribution >= 0.6 is 0 Å². The van der Waals surface area contributed by atoms with Gasteiger partial charge in [0.25, 0.3) is 5.91 Å². The van der Waals surface area contributed by atoms with E-state index in [9.17, 15) is 13.2 Å². The highest BCUT2D eigenvalue weighted by Gasteiger charge is 2.23. The molecule has 0 aliphatic carbocycles. The van der Waals surface area contributed by atoms with Crippen molar-refractivity contribution in [2.45, 2.75) is 25.1 Å². The van der Waals surface area contributed by atoms with Crippen molar-refractivity contribution in [1.82, 2.24) is 4.72 Å². The highest BCUT2D eigenvalue weighted by atomic mass is 32.2. The monoisotopic (exact) mass is 256 g/mol. The van der Waals surface area contributed by atoms with E-state index in [2.05, 4.69) is 0 Å². The summed E-state index contributed by atoms with van der Waals surface area (Å²) < 4.78 is 24.9. The van der Waals surface area contributed by atoms with Crippen LogP contribution in [0.3, 0.4) is 0 Å². The molecule has 0 saturated carbocycles. The molecule has 94 valence electrons. The number of hydrogen-bond donors (Lipinski definition) is 2. The first-order valence-electron chi connectivity index (χ1n) is 5.20. The van der Waals surface area contributed by atoms with Crippen LogP contribution in [0.2, 0.25) is 0 Å². The van der Waals surface area contributed by atoms with Crippen LogP contribution < -0.4 is 10.5 Å². The number of carbonyl (C=O) groups excluding carboxylic acids is 1. The van der Waals surface area contributed by atoms with E-state index in [0.717, 1.165) is 0 Å². The molecule has 1 atom stereocenters. The number of nitrogens with two attached hydrogens (primary N) is 1. The Morgan fingerprint density at radius 3 is 2.24 bits per heavy atom. The first kappa shape index (κ1) is 13.7. The maximum absolute atomic E-state index is 11.6. The minimum absolute atomic E-state index is 0.573. The summed E-state index contributed by atoms with van der Waals surface area (Å²) in [4.78, 5) is 11.6. The molecule has 0 unspecified atom stereocenters. The lowest BCUT2D eigenvalue weighted by molar-refractivity contribution is -0.120. The highest BCUT2D eigenvalue weighted by molar-refractivity contribution is 7.90. The molecule has 0 bridgehead atoms. The quantitative estimate of drug-likeness (QED) is 0.823. The van der Waals surface area contributed by atoms with E-state index < -0.39 is 27.2 Å². The molecule has 0 heterocycles. The molecule has 5 nitrogen and oxygen atoms in total. The summed E-state index contributed by atoms with van der Waals surface area (Å²) in [6.07, 6.45) is 0. The third kappa shape index (κ3) is 3.54. The summed E-state index contributed by atoms with van der Waals surface area (Å²) in [5.74, 6) is -0.718. The summed E-state index contributed by atoms with van der Waals surface area (Å²) in [5, 5.41) is -0.672. The zero-order valence-corrected chi connectivity index (χ0v) is 10.6. The van der Waals surface area contributed by atoms with Gasteiger partial charge in [0.1, 0.15) is 6.04 Å². The second-order valence-electron chi connectivity index (χ2n) is 3.95. The molecule has 17 heavy (non-hydrogen) atoms. The van der Waals surface area contributed by atoms with Gasteiger partial charge < -0.3 is 5.73 Å². The topological polar surface area (TPSA) is 89.3 Å². The molecule has 0 aromatic heterocycles. The number of benzene rings is 1. The van der Waals surface area contributed by atoms with Crippen LogP contribution in [0.25, 0.3) is 0 Å². The standard InChI is InChI=1S/C11H16N2O3S/c1-8(2)17(15,16)13-11(14)10(12)9-6-4-3-5-7-9/h3-8,10H,12H2,1-2H3,(H,13,14)/t10-/m1/s1. The second-order valence-corrected chi connectivity index (χ2v) is 6.19. The third-order valence-corrected chi connectivity index (χ3v) is 4.03. The van der Waals surface area contributed by atoms with Gasteiger partial charge in [-0.05, 0) is 19.4 Å². The van der Waals surface area contributed by atoms with Crippen LogP contribution in [0.1, 0.15) is 25.5 Å². The Kier molecular flexibility index (Phi) is 4.25. The number of rotatable bonds is 4. The first-order chi connectivity index (χ1) is 7.84. The fourth-order valence-corrected chi connectivity index (χ4v) is 1.78. The van der Waals surface area contributed by atoms with E-state index in [1.165, 1.54) is 13.8 Å². The van der Waals surface area contributed by atoms with Crippen molar-refractivity contribution in [2.24, 2.45) is 5.73 Å². The number of amides is 1. The van der Waals surface area contributed by atoms with E-state index in [1.54, 1.807) is 30.3 Å². The SMILES string of the molecule is CC(C)S(=O)(=O)NC(=O)[C@H](N)c1ccccc1. The molecule has 0 radical (unpaired) electrons. The molecule has 1 amide bonds. The van der Waals surface area contributed by atoms with Gasteiger partial charge in [-0.15, -0.1) is 0 Å². The Morgan fingerprint density at radius 1 is 1.24 bits per heavy atom. The van der Waals surface area contributed by atoms with E-state index >= 15 is 0 Å². The maximum atomic E-state index is 11.6. The number of hydrogen-bond acceptors (Lipinski definition) is 4. The average Bonchev–Trinajstić information content (AvgIpc) is 2.28. The number of carbonyl (C=O) groups is 1. The van der Waals surface area contributed by atoms with Crippen molar-refractivity contribution in [3.8, 4) is 0 Å². The third-order valence-electron chi connectivity index (χ3n) is 2.30. The van der Waals surface area contributed by atoms with Gasteiger partial charge in [0, 0.05) is 0 Å². The summed E-state index contributed by atoms with van der Waals surface area (Å²) in [6.45, 7) is 2.98. The zero-order valence-electron chi connectivity index (χ0n) is 9.75. The van der Waals surface area contributed by atoms with Gasteiger partial charge >= 0.3 is 0 Å². The summed E-state index contributed by atoms with van der Waals surface area (Å²) >= 11 is 0. The van der Waals surface area contributed by atoms with Crippen molar-refractivity contribution in [2.75, 3.05) is 0 Å². The number of nitrogens with one attached hydrogen (secondary N) is 1. The van der Waals surface area contributed by atoms with Crippen molar-refractivity contribution in [3.63, 3.8) is 0 Å². The van der Waals surface area contributed by atoms with Crippen LogP contribution in [-0.2, 0) is 14.8 Å². The predicted octanol–water partition coefficient (Wildman–Crippen LogP) is 0.541. The van der Waals surface area contributed by atoms with Crippen LogP contribution in [0.15, 0.2) is 30.3 Å². The van der Waals surface area contributed by atoms with Crippen LogP contribution in [0, 0.1) is 0 Å². The summed E-state index contributed by atoms with van der Waals surface area (Å²) in [6, 6.07) is 7.63. The molecule has 0 fully saturated rings. The summed E-state index contributed by atoms with van der Waals surface area (Å²) in [5.41, 5.74) is 6.24. The largest absolute Gasteiger partial charge is 0.316 e. The van der Waals surface area contributed by atoms with Crippen molar-refractivity contribution < 1.29 is 13.2 Å². The van der Waals surface area contributed by atoms with Crippen molar-refractivity contribution >= 4 is 15.9 Å². The Balaban J connectivity index is 2.80. The van der Waals surface area contributed by atoms with Gasteiger partial charge in [-0.2, -0.15) is 0 Å². The molecular formula is C11H16N2O3S. The fourth-order valence-electron chi connectivity index (χ4n) is 1.13. The van der Waals surface area contributed by atoms with Gasteiger partial charge in [0.05, 0.1) is 5.25 Å². The molecule has 6 heteroatoms. The normalized spacial score (nSPS) is 13.4. The molecule has 1 rings (SSSR count). The van der Waals surface area contributed by atoms with Gasteiger partial charge in [0.15, 0.2) is 0 Å². The molecular weight excluding hydrogens is 240 g/mol. The minimum atomic E-state index is -3.63. The maximum Gasteiger partial charge on any atom is 0.254 e. The lowest BCUT2D eigenvalue weighted by Crippen LogP contribution is -2.41. The Bertz CT molecular complexity index is 483. The Labute approximate surface area is 101 Å². The highest BCUT2D eigenvalue weighted by Crippen LogP contribution is 2.10. The molecule has 1 aromatic rings. The van der Waals surface area contributed by atoms with E-state index in [0.29, 0.717) is 5.56 Å². The zero-order chi connectivity index (χ0) is 13.1. The Hall–Kier alpha value is -1.40. The molecule has 3 N–H and O–H groups in total. The van der Waals surface area contributed by atoms with Crippen molar-refractivity contribution in [1.29, 1.82) is 0 Å². The average molecular weight is 256 g/mol. The van der Waals surface area contributed by atoms with Crippen LogP contribution in [-0.4, -0.2) is 19.6 Å².